The Morgan fingerprint density at radius 3 is 2.82 bits per heavy atom. The van der Waals surface area contributed by atoms with Gasteiger partial charge < -0.3 is 15.3 Å². The van der Waals surface area contributed by atoms with Crippen LogP contribution in [0.1, 0.15) is 33.1 Å². The maximum atomic E-state index is 11.9. The molecule has 0 aromatic carbocycles. The molecular formula is C12H24N2O2S. The third-order valence-corrected chi connectivity index (χ3v) is 4.39. The molecule has 1 fully saturated rings. The SMILES string of the molecule is CCSC1CCC(NC(=O)N(CC)CCO)C1. The third kappa shape index (κ3) is 4.76. The summed E-state index contributed by atoms with van der Waals surface area (Å²) in [6.45, 7) is 5.20. The fourth-order valence-corrected chi connectivity index (χ4v) is 3.39. The van der Waals surface area contributed by atoms with Crippen molar-refractivity contribution < 1.29 is 9.90 Å². The summed E-state index contributed by atoms with van der Waals surface area (Å²) in [6, 6.07) is 0.285. The number of thioether (sulfide) groups is 1. The zero-order chi connectivity index (χ0) is 12.7. The molecule has 2 unspecified atom stereocenters. The molecule has 2 N–H and O–H groups in total. The van der Waals surface area contributed by atoms with E-state index in [0.717, 1.165) is 18.6 Å². The highest BCUT2D eigenvalue weighted by Gasteiger charge is 2.26. The Labute approximate surface area is 108 Å². The summed E-state index contributed by atoms with van der Waals surface area (Å²) in [4.78, 5) is 13.5. The molecule has 2 atom stereocenters. The molecule has 0 aliphatic heterocycles. The van der Waals surface area contributed by atoms with E-state index in [1.165, 1.54) is 6.42 Å². The number of hydrogen-bond acceptors (Lipinski definition) is 3. The van der Waals surface area contributed by atoms with Gasteiger partial charge >= 0.3 is 6.03 Å². The second-order valence-electron chi connectivity index (χ2n) is 4.34. The number of nitrogens with zero attached hydrogens (tertiary/aromatic N) is 1. The van der Waals surface area contributed by atoms with Gasteiger partial charge in [0.15, 0.2) is 0 Å². The molecule has 0 bridgehead atoms. The van der Waals surface area contributed by atoms with Crippen LogP contribution < -0.4 is 5.32 Å². The monoisotopic (exact) mass is 260 g/mol. The van der Waals surface area contributed by atoms with E-state index < -0.39 is 0 Å². The second kappa shape index (κ2) is 7.82. The summed E-state index contributed by atoms with van der Waals surface area (Å²) in [5.41, 5.74) is 0. The maximum Gasteiger partial charge on any atom is 0.317 e. The van der Waals surface area contributed by atoms with Gasteiger partial charge in [0, 0.05) is 24.4 Å². The van der Waals surface area contributed by atoms with Crippen LogP contribution in [-0.4, -0.2) is 52.8 Å². The lowest BCUT2D eigenvalue weighted by Gasteiger charge is -2.23. The molecule has 0 aromatic rings. The van der Waals surface area contributed by atoms with Crippen LogP contribution in [0.15, 0.2) is 0 Å². The number of urea groups is 1. The van der Waals surface area contributed by atoms with Crippen LogP contribution in [0, 0.1) is 0 Å². The third-order valence-electron chi connectivity index (χ3n) is 3.15. The number of hydrogen-bond donors (Lipinski definition) is 2. The van der Waals surface area contributed by atoms with Crippen molar-refractivity contribution in [3.05, 3.63) is 0 Å². The summed E-state index contributed by atoms with van der Waals surface area (Å²) in [6.07, 6.45) is 3.37. The lowest BCUT2D eigenvalue weighted by molar-refractivity contribution is 0.177. The highest BCUT2D eigenvalue weighted by Crippen LogP contribution is 2.29. The summed E-state index contributed by atoms with van der Waals surface area (Å²) < 4.78 is 0. The zero-order valence-corrected chi connectivity index (χ0v) is 11.6. The highest BCUT2D eigenvalue weighted by atomic mass is 32.2. The Hall–Kier alpha value is -0.420. The average Bonchev–Trinajstić information content (AvgIpc) is 2.73. The smallest absolute Gasteiger partial charge is 0.317 e. The average molecular weight is 260 g/mol. The predicted octanol–water partition coefficient (Wildman–Crippen LogP) is 1.68. The van der Waals surface area contributed by atoms with Crippen LogP contribution in [0.4, 0.5) is 4.79 Å². The van der Waals surface area contributed by atoms with Crippen molar-refractivity contribution in [2.45, 2.75) is 44.4 Å². The van der Waals surface area contributed by atoms with Crippen molar-refractivity contribution in [3.8, 4) is 0 Å². The van der Waals surface area contributed by atoms with E-state index >= 15 is 0 Å². The van der Waals surface area contributed by atoms with Gasteiger partial charge in [0.2, 0.25) is 0 Å². The quantitative estimate of drug-likeness (QED) is 0.764. The molecule has 100 valence electrons. The Morgan fingerprint density at radius 1 is 1.47 bits per heavy atom. The Morgan fingerprint density at radius 2 is 2.24 bits per heavy atom. The minimum atomic E-state index is -0.0336. The minimum absolute atomic E-state index is 0.0280. The van der Waals surface area contributed by atoms with Gasteiger partial charge in [-0.2, -0.15) is 11.8 Å². The number of rotatable bonds is 6. The van der Waals surface area contributed by atoms with Gasteiger partial charge in [0.05, 0.1) is 6.61 Å². The molecule has 0 aromatic heterocycles. The Bertz CT molecular complexity index is 239. The van der Waals surface area contributed by atoms with Crippen molar-refractivity contribution >= 4 is 17.8 Å². The number of nitrogens with one attached hydrogen (secondary N) is 1. The molecule has 1 aliphatic carbocycles. The van der Waals surface area contributed by atoms with Gasteiger partial charge in [0.25, 0.3) is 0 Å². The first kappa shape index (κ1) is 14.6. The van der Waals surface area contributed by atoms with E-state index in [-0.39, 0.29) is 12.6 Å². The number of carbonyl (C=O) groups is 1. The van der Waals surface area contributed by atoms with Crippen molar-refractivity contribution in [2.75, 3.05) is 25.4 Å². The molecule has 0 saturated heterocycles. The van der Waals surface area contributed by atoms with E-state index in [1.54, 1.807) is 4.90 Å². The minimum Gasteiger partial charge on any atom is -0.395 e. The van der Waals surface area contributed by atoms with E-state index in [9.17, 15) is 4.79 Å². The van der Waals surface area contributed by atoms with Crippen LogP contribution in [0.25, 0.3) is 0 Å². The van der Waals surface area contributed by atoms with Gasteiger partial charge in [-0.05, 0) is 31.9 Å². The van der Waals surface area contributed by atoms with Crippen LogP contribution in [0.2, 0.25) is 0 Å². The fraction of sp³-hybridized carbons (Fsp3) is 0.917. The molecule has 17 heavy (non-hydrogen) atoms. The molecule has 2 amide bonds. The number of carbonyl (C=O) groups excluding carboxylic acids is 1. The predicted molar refractivity (Wildman–Crippen MR) is 72.4 cm³/mol. The van der Waals surface area contributed by atoms with Crippen LogP contribution >= 0.6 is 11.8 Å². The Kier molecular flexibility index (Phi) is 6.73. The van der Waals surface area contributed by atoms with Crippen molar-refractivity contribution in [1.29, 1.82) is 0 Å². The van der Waals surface area contributed by atoms with Crippen LogP contribution in [0.3, 0.4) is 0 Å². The summed E-state index contributed by atoms with van der Waals surface area (Å²) in [5.74, 6) is 1.15. The molecule has 0 heterocycles. The van der Waals surface area contributed by atoms with Gasteiger partial charge in [-0.15, -0.1) is 0 Å². The first-order chi connectivity index (χ1) is 8.21. The van der Waals surface area contributed by atoms with Crippen molar-refractivity contribution in [3.63, 3.8) is 0 Å². The van der Waals surface area contributed by atoms with E-state index in [1.807, 2.05) is 18.7 Å². The van der Waals surface area contributed by atoms with Gasteiger partial charge in [-0.3, -0.25) is 0 Å². The van der Waals surface area contributed by atoms with E-state index in [0.29, 0.717) is 24.4 Å². The molecule has 0 spiro atoms. The van der Waals surface area contributed by atoms with Gasteiger partial charge in [-0.25, -0.2) is 4.79 Å². The van der Waals surface area contributed by atoms with E-state index in [4.69, 9.17) is 5.11 Å². The maximum absolute atomic E-state index is 11.9. The van der Waals surface area contributed by atoms with Crippen LogP contribution in [0.5, 0.6) is 0 Å². The van der Waals surface area contributed by atoms with Crippen LogP contribution in [-0.2, 0) is 0 Å². The highest BCUT2D eigenvalue weighted by molar-refractivity contribution is 7.99. The first-order valence-corrected chi connectivity index (χ1v) is 7.54. The molecule has 0 radical (unpaired) electrons. The standard InChI is InChI=1S/C12H24N2O2S/c1-3-14(7-8-15)12(16)13-10-5-6-11(9-10)17-4-2/h10-11,15H,3-9H2,1-2H3,(H,13,16). The number of likely N-dealkylation sites (N-methyl/N-ethyl adjacent to an activating group) is 1. The fourth-order valence-electron chi connectivity index (χ4n) is 2.25. The topological polar surface area (TPSA) is 52.6 Å². The molecular weight excluding hydrogens is 236 g/mol. The van der Waals surface area contributed by atoms with E-state index in [2.05, 4.69) is 12.2 Å². The van der Waals surface area contributed by atoms with Gasteiger partial charge in [0.1, 0.15) is 0 Å². The molecule has 1 aliphatic rings. The number of aliphatic hydroxyl groups excluding tert-OH is 1. The lowest BCUT2D eigenvalue weighted by Crippen LogP contribution is -2.45. The molecule has 1 saturated carbocycles. The summed E-state index contributed by atoms with van der Waals surface area (Å²) in [5, 5.41) is 12.6. The first-order valence-electron chi connectivity index (χ1n) is 6.49. The largest absolute Gasteiger partial charge is 0.395 e. The lowest BCUT2D eigenvalue weighted by atomic mass is 10.2. The summed E-state index contributed by atoms with van der Waals surface area (Å²) in [7, 11) is 0. The van der Waals surface area contributed by atoms with Gasteiger partial charge in [-0.1, -0.05) is 6.92 Å². The molecule has 1 rings (SSSR count). The molecule has 4 nitrogen and oxygen atoms in total. The summed E-state index contributed by atoms with van der Waals surface area (Å²) >= 11 is 1.99. The zero-order valence-electron chi connectivity index (χ0n) is 10.8. The second-order valence-corrected chi connectivity index (χ2v) is 5.92. The molecule has 5 heteroatoms. The number of amides is 2. The van der Waals surface area contributed by atoms with Crippen molar-refractivity contribution in [2.24, 2.45) is 0 Å². The normalized spacial score (nSPS) is 23.7. The van der Waals surface area contributed by atoms with Crippen molar-refractivity contribution in [1.82, 2.24) is 10.2 Å². The Balaban J connectivity index is 2.31. The number of aliphatic hydroxyl groups is 1.